The van der Waals surface area contributed by atoms with Crippen molar-refractivity contribution in [3.8, 4) is 11.1 Å². The van der Waals surface area contributed by atoms with Gasteiger partial charge in [-0.2, -0.15) is 0 Å². The van der Waals surface area contributed by atoms with Gasteiger partial charge in [-0.05, 0) is 36.2 Å². The van der Waals surface area contributed by atoms with Crippen LogP contribution in [-0.4, -0.2) is 25.6 Å². The van der Waals surface area contributed by atoms with Crippen LogP contribution in [0.5, 0.6) is 0 Å². The molecule has 3 nitrogen and oxygen atoms in total. The van der Waals surface area contributed by atoms with Gasteiger partial charge in [0.25, 0.3) is 0 Å². The van der Waals surface area contributed by atoms with Crippen LogP contribution in [0.4, 0.5) is 5.82 Å². The van der Waals surface area contributed by atoms with Gasteiger partial charge in [0.15, 0.2) is 0 Å². The Labute approximate surface area is 133 Å². The van der Waals surface area contributed by atoms with Gasteiger partial charge in [-0.3, -0.25) is 0 Å². The quantitative estimate of drug-likeness (QED) is 0.942. The van der Waals surface area contributed by atoms with Crippen molar-refractivity contribution < 1.29 is 0 Å². The lowest BCUT2D eigenvalue weighted by Gasteiger charge is -2.11. The first-order chi connectivity index (χ1) is 8.70. The van der Waals surface area contributed by atoms with Gasteiger partial charge in [-0.15, -0.1) is 24.8 Å². The van der Waals surface area contributed by atoms with Gasteiger partial charge in [0.2, 0.25) is 0 Å². The van der Waals surface area contributed by atoms with Crippen LogP contribution in [0, 0.1) is 0 Å². The Morgan fingerprint density at radius 2 is 1.55 bits per heavy atom. The fourth-order valence-corrected chi connectivity index (χ4v) is 1.85. The average molecular weight is 314 g/mol. The molecule has 2 N–H and O–H groups in total. The zero-order chi connectivity index (χ0) is 13.0. The summed E-state index contributed by atoms with van der Waals surface area (Å²) in [6.45, 7) is 0.693. The maximum absolute atomic E-state index is 5.54. The number of anilines is 1. The summed E-state index contributed by atoms with van der Waals surface area (Å²) in [6, 6.07) is 12.6. The number of nitrogens with two attached hydrogens (primary N) is 1. The van der Waals surface area contributed by atoms with Crippen LogP contribution >= 0.6 is 24.8 Å². The molecule has 0 aliphatic rings. The summed E-state index contributed by atoms with van der Waals surface area (Å²) in [5, 5.41) is 0. The number of rotatable bonds is 4. The molecule has 0 atom stereocenters. The molecule has 0 saturated heterocycles. The van der Waals surface area contributed by atoms with Crippen LogP contribution < -0.4 is 10.6 Å². The van der Waals surface area contributed by atoms with Gasteiger partial charge in [0, 0.05) is 25.9 Å². The number of aromatic nitrogens is 1. The standard InChI is InChI=1S/C15H19N3.2ClH/c1-18(2)15-8-7-14(11-17-15)13-5-3-12(4-6-13)9-10-16;;/h3-8,11H,9-10,16H2,1-2H3;2*1H. The lowest BCUT2D eigenvalue weighted by atomic mass is 10.0. The number of hydrogen-bond acceptors (Lipinski definition) is 3. The van der Waals surface area contributed by atoms with Crippen molar-refractivity contribution in [3.05, 3.63) is 48.2 Å². The minimum atomic E-state index is 0. The molecule has 0 amide bonds. The first-order valence-electron chi connectivity index (χ1n) is 6.13. The summed E-state index contributed by atoms with van der Waals surface area (Å²) < 4.78 is 0. The van der Waals surface area contributed by atoms with E-state index in [2.05, 4.69) is 35.3 Å². The predicted molar refractivity (Wildman–Crippen MR) is 91.3 cm³/mol. The van der Waals surface area contributed by atoms with Crippen LogP contribution in [0.3, 0.4) is 0 Å². The Kier molecular flexibility index (Phi) is 8.23. The monoisotopic (exact) mass is 313 g/mol. The van der Waals surface area contributed by atoms with Crippen LogP contribution in [0.25, 0.3) is 11.1 Å². The molecule has 2 aromatic rings. The minimum absolute atomic E-state index is 0. The Bertz CT molecular complexity index is 496. The lowest BCUT2D eigenvalue weighted by Crippen LogP contribution is -2.09. The van der Waals surface area contributed by atoms with E-state index in [0.717, 1.165) is 17.8 Å². The van der Waals surface area contributed by atoms with E-state index in [1.807, 2.05) is 31.3 Å². The molecule has 1 aromatic carbocycles. The first kappa shape index (κ1) is 18.7. The highest BCUT2D eigenvalue weighted by Crippen LogP contribution is 2.20. The van der Waals surface area contributed by atoms with Crippen molar-refractivity contribution in [3.63, 3.8) is 0 Å². The second kappa shape index (κ2) is 8.80. The van der Waals surface area contributed by atoms with E-state index < -0.39 is 0 Å². The molecule has 0 aliphatic carbocycles. The summed E-state index contributed by atoms with van der Waals surface area (Å²) in [5.41, 5.74) is 9.14. The summed E-state index contributed by atoms with van der Waals surface area (Å²) in [6.07, 6.45) is 2.84. The third kappa shape index (κ3) is 4.67. The van der Waals surface area contributed by atoms with E-state index in [1.165, 1.54) is 11.1 Å². The highest BCUT2D eigenvalue weighted by Gasteiger charge is 2.00. The fourth-order valence-electron chi connectivity index (χ4n) is 1.85. The molecule has 0 spiro atoms. The Morgan fingerprint density at radius 1 is 0.950 bits per heavy atom. The van der Waals surface area contributed by atoms with Gasteiger partial charge >= 0.3 is 0 Å². The van der Waals surface area contributed by atoms with Gasteiger partial charge in [0.05, 0.1) is 0 Å². The highest BCUT2D eigenvalue weighted by molar-refractivity contribution is 5.85. The van der Waals surface area contributed by atoms with Crippen molar-refractivity contribution in [2.75, 3.05) is 25.5 Å². The van der Waals surface area contributed by atoms with Gasteiger partial charge in [0.1, 0.15) is 5.82 Å². The van der Waals surface area contributed by atoms with Crippen molar-refractivity contribution in [1.29, 1.82) is 0 Å². The largest absolute Gasteiger partial charge is 0.363 e. The van der Waals surface area contributed by atoms with E-state index in [4.69, 9.17) is 5.73 Å². The highest BCUT2D eigenvalue weighted by atomic mass is 35.5. The molecule has 0 saturated carbocycles. The Balaban J connectivity index is 0.00000180. The maximum atomic E-state index is 5.54. The molecule has 2 rings (SSSR count). The van der Waals surface area contributed by atoms with Crippen molar-refractivity contribution >= 4 is 30.6 Å². The second-order valence-corrected chi connectivity index (χ2v) is 4.54. The third-order valence-electron chi connectivity index (χ3n) is 2.93. The Morgan fingerprint density at radius 3 is 2.00 bits per heavy atom. The lowest BCUT2D eigenvalue weighted by molar-refractivity contribution is 0.969. The molecular formula is C15H21Cl2N3. The summed E-state index contributed by atoms with van der Waals surface area (Å²) >= 11 is 0. The number of nitrogens with zero attached hydrogens (tertiary/aromatic N) is 2. The smallest absolute Gasteiger partial charge is 0.127 e. The molecule has 1 aromatic heterocycles. The average Bonchev–Trinajstić information content (AvgIpc) is 2.40. The first-order valence-corrected chi connectivity index (χ1v) is 6.13. The van der Waals surface area contributed by atoms with Crippen LogP contribution in [0.2, 0.25) is 0 Å². The third-order valence-corrected chi connectivity index (χ3v) is 2.93. The van der Waals surface area contributed by atoms with Crippen molar-refractivity contribution in [2.24, 2.45) is 5.73 Å². The van der Waals surface area contributed by atoms with Crippen molar-refractivity contribution in [1.82, 2.24) is 4.98 Å². The second-order valence-electron chi connectivity index (χ2n) is 4.54. The molecule has 20 heavy (non-hydrogen) atoms. The number of halogens is 2. The molecule has 0 aliphatic heterocycles. The van der Waals surface area contributed by atoms with Gasteiger partial charge in [-0.25, -0.2) is 4.98 Å². The number of hydrogen-bond donors (Lipinski definition) is 1. The normalized spacial score (nSPS) is 9.35. The summed E-state index contributed by atoms with van der Waals surface area (Å²) in [4.78, 5) is 6.41. The van der Waals surface area contributed by atoms with Crippen LogP contribution in [-0.2, 0) is 6.42 Å². The molecule has 1 heterocycles. The molecule has 5 heteroatoms. The Hall–Kier alpha value is -1.29. The minimum Gasteiger partial charge on any atom is -0.363 e. The molecule has 0 fully saturated rings. The van der Waals surface area contributed by atoms with Crippen LogP contribution in [0.15, 0.2) is 42.6 Å². The van der Waals surface area contributed by atoms with E-state index in [1.54, 1.807) is 0 Å². The summed E-state index contributed by atoms with van der Waals surface area (Å²) in [5.74, 6) is 0.971. The molecule has 110 valence electrons. The van der Waals surface area contributed by atoms with Crippen molar-refractivity contribution in [2.45, 2.75) is 6.42 Å². The predicted octanol–water partition coefficient (Wildman–Crippen LogP) is 3.16. The van der Waals surface area contributed by atoms with Gasteiger partial charge < -0.3 is 10.6 Å². The maximum Gasteiger partial charge on any atom is 0.127 e. The number of benzene rings is 1. The van der Waals surface area contributed by atoms with E-state index >= 15 is 0 Å². The molecule has 0 bridgehead atoms. The zero-order valence-electron chi connectivity index (χ0n) is 11.7. The van der Waals surface area contributed by atoms with E-state index in [0.29, 0.717) is 6.54 Å². The number of pyridine rings is 1. The SMILES string of the molecule is CN(C)c1ccc(-c2ccc(CCN)cc2)cn1.Cl.Cl. The fraction of sp³-hybridized carbons (Fsp3) is 0.267. The zero-order valence-corrected chi connectivity index (χ0v) is 13.4. The van der Waals surface area contributed by atoms with Crippen LogP contribution in [0.1, 0.15) is 5.56 Å². The summed E-state index contributed by atoms with van der Waals surface area (Å²) in [7, 11) is 3.98. The van der Waals surface area contributed by atoms with E-state index in [-0.39, 0.29) is 24.8 Å². The topological polar surface area (TPSA) is 42.1 Å². The molecule has 0 radical (unpaired) electrons. The van der Waals surface area contributed by atoms with E-state index in [9.17, 15) is 0 Å². The molecule has 0 unspecified atom stereocenters. The molecular weight excluding hydrogens is 293 g/mol. The van der Waals surface area contributed by atoms with Gasteiger partial charge in [-0.1, -0.05) is 24.3 Å².